The highest BCUT2D eigenvalue weighted by molar-refractivity contribution is 6.34. The molecule has 0 aliphatic heterocycles. The quantitative estimate of drug-likeness (QED) is 0.647. The van der Waals surface area contributed by atoms with Crippen molar-refractivity contribution in [2.45, 2.75) is 6.18 Å². The predicted octanol–water partition coefficient (Wildman–Crippen LogP) is 2.23. The molecule has 0 heterocycles. The summed E-state index contributed by atoms with van der Waals surface area (Å²) in [4.78, 5) is 11.6. The zero-order valence-electron chi connectivity index (χ0n) is 9.76. The van der Waals surface area contributed by atoms with Crippen molar-refractivity contribution in [1.29, 1.82) is 0 Å². The molecule has 0 saturated carbocycles. The zero-order chi connectivity index (χ0) is 14.5. The van der Waals surface area contributed by atoms with Gasteiger partial charge in [-0.25, -0.2) is 0 Å². The fourth-order valence-corrected chi connectivity index (χ4v) is 1.44. The molecule has 3 N–H and O–H groups in total. The molecule has 0 atom stereocenters. The number of carbonyl (C=O) groups excluding carboxylic acids is 1. The van der Waals surface area contributed by atoms with Crippen LogP contribution in [0.5, 0.6) is 0 Å². The second kappa shape index (κ2) is 6.63. The van der Waals surface area contributed by atoms with Crippen LogP contribution in [0, 0.1) is 0 Å². The highest BCUT2D eigenvalue weighted by Crippen LogP contribution is 2.18. The number of halogens is 4. The van der Waals surface area contributed by atoms with Crippen LogP contribution >= 0.6 is 11.6 Å². The maximum Gasteiger partial charge on any atom is 0.411 e. The molecule has 0 aliphatic rings. The largest absolute Gasteiger partial charge is 0.411 e. The van der Waals surface area contributed by atoms with Crippen LogP contribution in [0.25, 0.3) is 0 Å². The maximum absolute atomic E-state index is 11.8. The van der Waals surface area contributed by atoms with E-state index in [9.17, 15) is 18.0 Å². The van der Waals surface area contributed by atoms with Gasteiger partial charge in [0.05, 0.1) is 17.2 Å². The van der Waals surface area contributed by atoms with Gasteiger partial charge >= 0.3 is 6.18 Å². The molecule has 0 aliphatic carbocycles. The number of alkyl halides is 3. The topological polar surface area (TPSA) is 64.4 Å². The minimum atomic E-state index is -4.37. The Hall–Kier alpha value is -1.47. The normalized spacial score (nSPS) is 11.4. The molecule has 0 fully saturated rings. The monoisotopic (exact) mass is 296 g/mol. The van der Waals surface area contributed by atoms with Crippen molar-refractivity contribution < 1.29 is 22.7 Å². The van der Waals surface area contributed by atoms with Crippen LogP contribution in [0.15, 0.2) is 18.2 Å². The van der Waals surface area contributed by atoms with Gasteiger partial charge in [0, 0.05) is 12.2 Å². The minimum absolute atomic E-state index is 0.0555. The molecule has 0 aromatic heterocycles. The first kappa shape index (κ1) is 15.6. The van der Waals surface area contributed by atoms with Crippen molar-refractivity contribution in [2.75, 3.05) is 25.5 Å². The maximum atomic E-state index is 11.8. The van der Waals surface area contributed by atoms with E-state index >= 15 is 0 Å². The SMILES string of the molecule is Nc1ccc(Cl)c(C(=O)NCCOCC(F)(F)F)c1. The Morgan fingerprint density at radius 2 is 2.11 bits per heavy atom. The average Bonchev–Trinajstić information content (AvgIpc) is 2.30. The molecule has 1 aromatic rings. The van der Waals surface area contributed by atoms with Crippen LogP contribution in [0.4, 0.5) is 18.9 Å². The Morgan fingerprint density at radius 3 is 2.74 bits per heavy atom. The standard InChI is InChI=1S/C11H12ClF3N2O2/c12-9-2-1-7(16)5-8(9)10(18)17-3-4-19-6-11(13,14)15/h1-2,5H,3-4,6,16H2,(H,17,18). The van der Waals surface area contributed by atoms with Gasteiger partial charge in [0.15, 0.2) is 0 Å². The van der Waals surface area contributed by atoms with Gasteiger partial charge in [0.2, 0.25) is 0 Å². The van der Waals surface area contributed by atoms with Gasteiger partial charge in [-0.1, -0.05) is 11.6 Å². The molecule has 1 aromatic carbocycles. The number of ether oxygens (including phenoxy) is 1. The summed E-state index contributed by atoms with van der Waals surface area (Å²) in [6.07, 6.45) is -4.37. The van der Waals surface area contributed by atoms with Gasteiger partial charge in [0.1, 0.15) is 6.61 Å². The third-order valence-corrected chi connectivity index (χ3v) is 2.36. The predicted molar refractivity (Wildman–Crippen MR) is 65.1 cm³/mol. The number of nitrogens with two attached hydrogens (primary N) is 1. The molecule has 106 valence electrons. The van der Waals surface area contributed by atoms with E-state index in [4.69, 9.17) is 17.3 Å². The van der Waals surface area contributed by atoms with Crippen molar-refractivity contribution in [2.24, 2.45) is 0 Å². The average molecular weight is 297 g/mol. The summed E-state index contributed by atoms with van der Waals surface area (Å²) in [5, 5.41) is 2.59. The number of hydrogen-bond donors (Lipinski definition) is 2. The molecule has 0 unspecified atom stereocenters. The highest BCUT2D eigenvalue weighted by atomic mass is 35.5. The van der Waals surface area contributed by atoms with Gasteiger partial charge in [-0.2, -0.15) is 13.2 Å². The lowest BCUT2D eigenvalue weighted by molar-refractivity contribution is -0.173. The second-order valence-corrected chi connectivity index (χ2v) is 4.07. The van der Waals surface area contributed by atoms with Crippen LogP contribution in [0.2, 0.25) is 5.02 Å². The Balaban J connectivity index is 2.38. The van der Waals surface area contributed by atoms with E-state index in [0.717, 1.165) is 0 Å². The van der Waals surface area contributed by atoms with Crippen molar-refractivity contribution >= 4 is 23.2 Å². The van der Waals surface area contributed by atoms with Crippen molar-refractivity contribution in [3.63, 3.8) is 0 Å². The lowest BCUT2D eigenvalue weighted by atomic mass is 10.2. The van der Waals surface area contributed by atoms with Gasteiger partial charge in [-0.15, -0.1) is 0 Å². The molecule has 0 radical (unpaired) electrons. The van der Waals surface area contributed by atoms with E-state index in [-0.39, 0.29) is 23.7 Å². The second-order valence-electron chi connectivity index (χ2n) is 3.66. The summed E-state index contributed by atoms with van der Waals surface area (Å²) < 4.78 is 39.6. The number of hydrogen-bond acceptors (Lipinski definition) is 3. The third-order valence-electron chi connectivity index (χ3n) is 2.03. The van der Waals surface area contributed by atoms with Crippen LogP contribution in [0.1, 0.15) is 10.4 Å². The third kappa shape index (κ3) is 5.80. The fraction of sp³-hybridized carbons (Fsp3) is 0.364. The molecule has 1 rings (SSSR count). The Labute approximate surface area is 112 Å². The van der Waals surface area contributed by atoms with Crippen molar-refractivity contribution in [1.82, 2.24) is 5.32 Å². The molecule has 0 saturated heterocycles. The lowest BCUT2D eigenvalue weighted by Crippen LogP contribution is -2.29. The first-order chi connectivity index (χ1) is 8.79. The first-order valence-electron chi connectivity index (χ1n) is 5.27. The van der Waals surface area contributed by atoms with Gasteiger partial charge < -0.3 is 15.8 Å². The van der Waals surface area contributed by atoms with Gasteiger partial charge in [0.25, 0.3) is 5.91 Å². The number of carbonyl (C=O) groups is 1. The molecular formula is C11H12ClF3N2O2. The number of nitrogens with one attached hydrogen (secondary N) is 1. The number of rotatable bonds is 5. The lowest BCUT2D eigenvalue weighted by Gasteiger charge is -2.09. The van der Waals surface area contributed by atoms with Crippen LogP contribution in [-0.4, -0.2) is 31.8 Å². The molecule has 1 amide bonds. The van der Waals surface area contributed by atoms with E-state index in [1.807, 2.05) is 0 Å². The van der Waals surface area contributed by atoms with Gasteiger partial charge in [-0.05, 0) is 18.2 Å². The van der Waals surface area contributed by atoms with Crippen LogP contribution in [-0.2, 0) is 4.74 Å². The van der Waals surface area contributed by atoms with E-state index in [2.05, 4.69) is 10.1 Å². The first-order valence-corrected chi connectivity index (χ1v) is 5.65. The van der Waals surface area contributed by atoms with Crippen molar-refractivity contribution in [3.05, 3.63) is 28.8 Å². The Morgan fingerprint density at radius 1 is 1.42 bits per heavy atom. The van der Waals surface area contributed by atoms with Crippen LogP contribution in [0.3, 0.4) is 0 Å². The minimum Gasteiger partial charge on any atom is -0.399 e. The molecule has 0 bridgehead atoms. The molecule has 19 heavy (non-hydrogen) atoms. The number of nitrogen functional groups attached to an aromatic ring is 1. The summed E-state index contributed by atoms with van der Waals surface area (Å²) in [6.45, 7) is -1.65. The number of amides is 1. The smallest absolute Gasteiger partial charge is 0.399 e. The summed E-state index contributed by atoms with van der Waals surface area (Å²) in [6, 6.07) is 4.38. The van der Waals surface area contributed by atoms with E-state index in [1.165, 1.54) is 18.2 Å². The van der Waals surface area contributed by atoms with E-state index in [1.54, 1.807) is 0 Å². The molecular weight excluding hydrogens is 285 g/mol. The van der Waals surface area contributed by atoms with E-state index in [0.29, 0.717) is 5.69 Å². The molecule has 8 heteroatoms. The van der Waals surface area contributed by atoms with Gasteiger partial charge in [-0.3, -0.25) is 4.79 Å². The Kier molecular flexibility index (Phi) is 5.44. The molecule has 0 spiro atoms. The number of anilines is 1. The van der Waals surface area contributed by atoms with Crippen molar-refractivity contribution in [3.8, 4) is 0 Å². The highest BCUT2D eigenvalue weighted by Gasteiger charge is 2.27. The summed E-state index contributed by atoms with van der Waals surface area (Å²) in [7, 11) is 0. The Bertz CT molecular complexity index is 452. The molecule has 4 nitrogen and oxygen atoms in total. The zero-order valence-corrected chi connectivity index (χ0v) is 10.5. The summed E-state index contributed by atoms with van der Waals surface area (Å²) >= 11 is 5.79. The number of benzene rings is 1. The fourth-order valence-electron chi connectivity index (χ4n) is 1.24. The summed E-state index contributed by atoms with van der Waals surface area (Å²) in [5.74, 6) is -0.520. The van der Waals surface area contributed by atoms with E-state index < -0.39 is 18.7 Å². The van der Waals surface area contributed by atoms with Crippen LogP contribution < -0.4 is 11.1 Å². The summed E-state index contributed by atoms with van der Waals surface area (Å²) in [5.41, 5.74) is 6.03.